The van der Waals surface area contributed by atoms with Gasteiger partial charge in [0.05, 0.1) is 0 Å². The largest absolute Gasteiger partial charge is 0.290 e. The lowest BCUT2D eigenvalue weighted by molar-refractivity contribution is -0.114. The maximum absolute atomic E-state index is 11.5. The molecule has 19 heavy (non-hydrogen) atoms. The van der Waals surface area contributed by atoms with Crippen LogP contribution in [0.1, 0.15) is 57.8 Å². The number of carbonyl (C=O) groups excluding carboxylic acids is 2. The number of unbranched alkanes of at least 4 members (excludes halogenated alkanes) is 7. The summed E-state index contributed by atoms with van der Waals surface area (Å²) in [6, 6.07) is 0. The Bertz CT molecular complexity index is 356. The van der Waals surface area contributed by atoms with Crippen molar-refractivity contribution in [2.75, 3.05) is 5.75 Å². The summed E-state index contributed by atoms with van der Waals surface area (Å²) in [5.74, 6) is 0.946. The topological polar surface area (TPSA) is 34.1 Å². The third-order valence-electron chi connectivity index (χ3n) is 3.39. The maximum atomic E-state index is 11.5. The van der Waals surface area contributed by atoms with Gasteiger partial charge in [0.1, 0.15) is 0 Å². The molecule has 0 fully saturated rings. The Hall–Kier alpha value is -0.830. The van der Waals surface area contributed by atoms with Gasteiger partial charge in [0.15, 0.2) is 11.6 Å². The molecule has 0 aromatic carbocycles. The van der Waals surface area contributed by atoms with E-state index in [4.69, 9.17) is 0 Å². The van der Waals surface area contributed by atoms with Crippen LogP contribution in [0, 0.1) is 0 Å². The highest BCUT2D eigenvalue weighted by molar-refractivity contribution is 7.80. The summed E-state index contributed by atoms with van der Waals surface area (Å²) < 4.78 is 0. The van der Waals surface area contributed by atoms with E-state index in [1.165, 1.54) is 56.8 Å². The van der Waals surface area contributed by atoms with Crippen molar-refractivity contribution in [1.29, 1.82) is 0 Å². The lowest BCUT2D eigenvalue weighted by Crippen LogP contribution is -2.07. The van der Waals surface area contributed by atoms with E-state index >= 15 is 0 Å². The van der Waals surface area contributed by atoms with Crippen molar-refractivity contribution in [3.05, 3.63) is 23.8 Å². The summed E-state index contributed by atoms with van der Waals surface area (Å²) in [4.78, 5) is 22.7. The van der Waals surface area contributed by atoms with Crippen LogP contribution in [0.2, 0.25) is 0 Å². The number of hydrogen-bond acceptors (Lipinski definition) is 3. The Morgan fingerprint density at radius 1 is 0.789 bits per heavy atom. The maximum Gasteiger partial charge on any atom is 0.182 e. The van der Waals surface area contributed by atoms with Crippen molar-refractivity contribution >= 4 is 24.2 Å². The molecule has 0 N–H and O–H groups in total. The molecule has 3 heteroatoms. The average Bonchev–Trinajstić information content (AvgIpc) is 2.40. The molecule has 0 atom stereocenters. The van der Waals surface area contributed by atoms with Gasteiger partial charge in [0.2, 0.25) is 0 Å². The smallest absolute Gasteiger partial charge is 0.182 e. The van der Waals surface area contributed by atoms with Crippen LogP contribution in [0.5, 0.6) is 0 Å². The minimum Gasteiger partial charge on any atom is -0.290 e. The molecule has 0 saturated heterocycles. The normalized spacial score (nSPS) is 14.9. The van der Waals surface area contributed by atoms with Gasteiger partial charge in [-0.3, -0.25) is 9.59 Å². The van der Waals surface area contributed by atoms with E-state index in [0.717, 1.165) is 25.0 Å². The Balaban J connectivity index is 1.99. The Morgan fingerprint density at radius 2 is 1.37 bits per heavy atom. The Morgan fingerprint density at radius 3 is 2.00 bits per heavy atom. The predicted molar refractivity (Wildman–Crippen MR) is 82.6 cm³/mol. The molecule has 2 nitrogen and oxygen atoms in total. The highest BCUT2D eigenvalue weighted by atomic mass is 32.1. The molecule has 0 aromatic heterocycles. The van der Waals surface area contributed by atoms with E-state index in [9.17, 15) is 9.59 Å². The summed E-state index contributed by atoms with van der Waals surface area (Å²) >= 11 is 4.19. The van der Waals surface area contributed by atoms with Crippen molar-refractivity contribution in [3.8, 4) is 0 Å². The van der Waals surface area contributed by atoms with E-state index in [2.05, 4.69) is 12.6 Å². The molecule has 0 saturated carbocycles. The summed E-state index contributed by atoms with van der Waals surface area (Å²) in [5.41, 5.74) is 0.682. The van der Waals surface area contributed by atoms with Gasteiger partial charge in [-0.1, -0.05) is 38.5 Å². The Labute approximate surface area is 121 Å². The van der Waals surface area contributed by atoms with E-state index in [-0.39, 0.29) is 11.6 Å². The van der Waals surface area contributed by atoms with Crippen LogP contribution in [0.25, 0.3) is 0 Å². The van der Waals surface area contributed by atoms with Gasteiger partial charge < -0.3 is 0 Å². The SMILES string of the molecule is O=C1C=CC(=O)C(CCCCCCCCCCS)=C1. The van der Waals surface area contributed by atoms with E-state index in [0.29, 0.717) is 5.57 Å². The van der Waals surface area contributed by atoms with Crippen LogP contribution in [-0.2, 0) is 9.59 Å². The minimum atomic E-state index is -0.0567. The van der Waals surface area contributed by atoms with Crippen LogP contribution < -0.4 is 0 Å². The second-order valence-corrected chi connectivity index (χ2v) is 5.52. The molecular formula is C16H24O2S. The first-order chi connectivity index (χ1) is 9.24. The van der Waals surface area contributed by atoms with Gasteiger partial charge in [0, 0.05) is 5.57 Å². The van der Waals surface area contributed by atoms with E-state index < -0.39 is 0 Å². The fraction of sp³-hybridized carbons (Fsp3) is 0.625. The van der Waals surface area contributed by atoms with Crippen molar-refractivity contribution < 1.29 is 9.59 Å². The number of allylic oxidation sites excluding steroid dienone is 4. The van der Waals surface area contributed by atoms with Gasteiger partial charge in [0.25, 0.3) is 0 Å². The molecule has 1 rings (SSSR count). The van der Waals surface area contributed by atoms with Gasteiger partial charge in [-0.15, -0.1) is 0 Å². The fourth-order valence-corrected chi connectivity index (χ4v) is 2.46. The molecule has 0 heterocycles. The first-order valence-corrected chi connectivity index (χ1v) is 7.95. The van der Waals surface area contributed by atoms with Gasteiger partial charge >= 0.3 is 0 Å². The van der Waals surface area contributed by atoms with Gasteiger partial charge in [-0.25, -0.2) is 0 Å². The van der Waals surface area contributed by atoms with Crippen LogP contribution in [0.3, 0.4) is 0 Å². The van der Waals surface area contributed by atoms with Gasteiger partial charge in [-0.2, -0.15) is 12.6 Å². The molecule has 0 aromatic rings. The molecule has 0 spiro atoms. The third kappa shape index (κ3) is 7.36. The van der Waals surface area contributed by atoms with Crippen molar-refractivity contribution in [3.63, 3.8) is 0 Å². The standard InChI is InChI=1S/C16H24O2S/c17-15-10-11-16(18)14(13-15)9-7-5-3-1-2-4-6-8-12-19/h10-11,13,19H,1-9,12H2. The minimum absolute atomic E-state index is 0.00588. The predicted octanol–water partition coefficient (Wildman–Crippen LogP) is 4.06. The van der Waals surface area contributed by atoms with Crippen molar-refractivity contribution in [2.24, 2.45) is 0 Å². The average molecular weight is 280 g/mol. The van der Waals surface area contributed by atoms with Crippen LogP contribution in [0.15, 0.2) is 23.8 Å². The lowest BCUT2D eigenvalue weighted by atomic mass is 9.97. The van der Waals surface area contributed by atoms with Crippen LogP contribution in [-0.4, -0.2) is 17.3 Å². The lowest BCUT2D eigenvalue weighted by Gasteiger charge is -2.06. The van der Waals surface area contributed by atoms with Crippen LogP contribution >= 0.6 is 12.6 Å². The first kappa shape index (κ1) is 16.2. The molecule has 106 valence electrons. The molecule has 1 aliphatic carbocycles. The van der Waals surface area contributed by atoms with Crippen LogP contribution in [0.4, 0.5) is 0 Å². The molecule has 0 aliphatic heterocycles. The summed E-state index contributed by atoms with van der Waals surface area (Å²) in [6.07, 6.45) is 14.7. The molecule has 0 radical (unpaired) electrons. The molecule has 0 bridgehead atoms. The first-order valence-electron chi connectivity index (χ1n) is 7.32. The second kappa shape index (κ2) is 10.0. The highest BCUT2D eigenvalue weighted by Crippen LogP contribution is 2.16. The number of ketones is 2. The summed E-state index contributed by atoms with van der Waals surface area (Å²) in [7, 11) is 0. The van der Waals surface area contributed by atoms with Gasteiger partial charge in [-0.05, 0) is 43.2 Å². The number of thiol groups is 1. The zero-order valence-electron chi connectivity index (χ0n) is 11.6. The highest BCUT2D eigenvalue weighted by Gasteiger charge is 2.12. The van der Waals surface area contributed by atoms with Crippen molar-refractivity contribution in [1.82, 2.24) is 0 Å². The summed E-state index contributed by atoms with van der Waals surface area (Å²) in [5, 5.41) is 0. The number of carbonyl (C=O) groups is 2. The quantitative estimate of drug-likeness (QED) is 0.372. The summed E-state index contributed by atoms with van der Waals surface area (Å²) in [6.45, 7) is 0. The molecule has 0 unspecified atom stereocenters. The van der Waals surface area contributed by atoms with E-state index in [1.54, 1.807) is 0 Å². The Kier molecular flexibility index (Phi) is 8.55. The second-order valence-electron chi connectivity index (χ2n) is 5.07. The molecular weight excluding hydrogens is 256 g/mol. The fourth-order valence-electron chi connectivity index (χ4n) is 2.24. The van der Waals surface area contributed by atoms with Crippen molar-refractivity contribution in [2.45, 2.75) is 57.8 Å². The third-order valence-corrected chi connectivity index (χ3v) is 3.70. The molecule has 1 aliphatic rings. The number of hydrogen-bond donors (Lipinski definition) is 1. The zero-order chi connectivity index (χ0) is 13.9. The molecule has 0 amide bonds. The van der Waals surface area contributed by atoms with E-state index in [1.807, 2.05) is 0 Å². The monoisotopic (exact) mass is 280 g/mol. The number of rotatable bonds is 10. The zero-order valence-corrected chi connectivity index (χ0v) is 12.5.